The number of carbonyl (C=O) groups is 1. The SMILES string of the molecule is COc1cccc(-c2nc(CS(=O)(=O)CC(=O)NCCCN3C[C@@H](C)C[C@H](C)C3)c(C)o2)c1. The average Bonchev–Trinajstić information content (AvgIpc) is 3.10. The molecule has 1 N–H and O–H groups in total. The van der Waals surface area contributed by atoms with E-state index >= 15 is 0 Å². The first kappa shape index (κ1) is 25.2. The summed E-state index contributed by atoms with van der Waals surface area (Å²) in [6, 6.07) is 7.19. The van der Waals surface area contributed by atoms with E-state index in [9.17, 15) is 13.2 Å². The third-order valence-electron chi connectivity index (χ3n) is 5.83. The van der Waals surface area contributed by atoms with Crippen LogP contribution in [0, 0.1) is 18.8 Å². The van der Waals surface area contributed by atoms with Crippen molar-refractivity contribution in [1.29, 1.82) is 0 Å². The van der Waals surface area contributed by atoms with Gasteiger partial charge in [0.15, 0.2) is 9.84 Å². The van der Waals surface area contributed by atoms with Crippen molar-refractivity contribution in [2.45, 2.75) is 39.4 Å². The van der Waals surface area contributed by atoms with Crippen molar-refractivity contribution in [2.24, 2.45) is 11.8 Å². The molecule has 8 nitrogen and oxygen atoms in total. The molecule has 0 bridgehead atoms. The van der Waals surface area contributed by atoms with Crippen molar-refractivity contribution in [2.75, 3.05) is 39.0 Å². The Morgan fingerprint density at radius 1 is 1.27 bits per heavy atom. The zero-order chi connectivity index (χ0) is 24.0. The minimum atomic E-state index is -3.68. The Morgan fingerprint density at radius 3 is 2.70 bits per heavy atom. The molecule has 0 spiro atoms. The maximum Gasteiger partial charge on any atom is 0.235 e. The lowest BCUT2D eigenvalue weighted by molar-refractivity contribution is -0.118. The minimum absolute atomic E-state index is 0.314. The number of hydrogen-bond donors (Lipinski definition) is 1. The van der Waals surface area contributed by atoms with E-state index in [0.717, 1.165) is 26.1 Å². The van der Waals surface area contributed by atoms with Crippen LogP contribution in [0.1, 0.15) is 38.1 Å². The topological polar surface area (TPSA) is 102 Å². The number of aryl methyl sites for hydroxylation is 1. The normalized spacial score (nSPS) is 19.4. The summed E-state index contributed by atoms with van der Waals surface area (Å²) >= 11 is 0. The molecule has 182 valence electrons. The lowest BCUT2D eigenvalue weighted by atomic mass is 9.92. The Kier molecular flexibility index (Phi) is 8.53. The summed E-state index contributed by atoms with van der Waals surface area (Å²) in [7, 11) is -2.11. The summed E-state index contributed by atoms with van der Waals surface area (Å²) in [6.45, 7) is 9.76. The third-order valence-corrected chi connectivity index (χ3v) is 7.25. The molecule has 1 aromatic carbocycles. The number of carbonyl (C=O) groups excluding carboxylic acids is 1. The molecular formula is C24H35N3O5S. The number of rotatable bonds is 10. The summed E-state index contributed by atoms with van der Waals surface area (Å²) in [6.07, 6.45) is 2.06. The number of oxazole rings is 1. The van der Waals surface area contributed by atoms with E-state index in [-0.39, 0.29) is 5.75 Å². The van der Waals surface area contributed by atoms with E-state index in [1.807, 2.05) is 6.07 Å². The van der Waals surface area contributed by atoms with E-state index in [4.69, 9.17) is 9.15 Å². The molecule has 1 aromatic heterocycles. The predicted molar refractivity (Wildman–Crippen MR) is 128 cm³/mol. The Hall–Kier alpha value is -2.39. The third kappa shape index (κ3) is 7.57. The van der Waals surface area contributed by atoms with E-state index in [1.54, 1.807) is 32.2 Å². The number of likely N-dealkylation sites (tertiary alicyclic amines) is 1. The van der Waals surface area contributed by atoms with Crippen LogP contribution in [-0.4, -0.2) is 63.3 Å². The van der Waals surface area contributed by atoms with Crippen molar-refractivity contribution >= 4 is 15.7 Å². The summed E-state index contributed by atoms with van der Waals surface area (Å²) in [5.41, 5.74) is 1.00. The van der Waals surface area contributed by atoms with Gasteiger partial charge in [0.05, 0.1) is 18.6 Å². The number of methoxy groups -OCH3 is 1. The molecule has 2 aromatic rings. The van der Waals surface area contributed by atoms with Gasteiger partial charge in [-0.05, 0) is 56.3 Å². The van der Waals surface area contributed by atoms with Crippen molar-refractivity contribution in [3.05, 3.63) is 35.7 Å². The average molecular weight is 478 g/mol. The number of amides is 1. The Balaban J connectivity index is 1.48. The fourth-order valence-electron chi connectivity index (χ4n) is 4.46. The van der Waals surface area contributed by atoms with Crippen LogP contribution in [0.25, 0.3) is 11.5 Å². The van der Waals surface area contributed by atoms with Crippen LogP contribution in [0.4, 0.5) is 0 Å². The first-order valence-electron chi connectivity index (χ1n) is 11.5. The Labute approximate surface area is 196 Å². The molecule has 0 unspecified atom stereocenters. The smallest absolute Gasteiger partial charge is 0.235 e. The Morgan fingerprint density at radius 2 is 2.00 bits per heavy atom. The largest absolute Gasteiger partial charge is 0.497 e. The van der Waals surface area contributed by atoms with Crippen molar-refractivity contribution in [3.8, 4) is 17.2 Å². The van der Waals surface area contributed by atoms with Crippen LogP contribution in [0.3, 0.4) is 0 Å². The van der Waals surface area contributed by atoms with Gasteiger partial charge < -0.3 is 19.4 Å². The van der Waals surface area contributed by atoms with Gasteiger partial charge in [0.1, 0.15) is 17.3 Å². The highest BCUT2D eigenvalue weighted by Crippen LogP contribution is 2.26. The maximum atomic E-state index is 12.6. The number of aromatic nitrogens is 1. The van der Waals surface area contributed by atoms with Gasteiger partial charge in [0.2, 0.25) is 11.8 Å². The first-order valence-corrected chi connectivity index (χ1v) is 13.3. The lowest BCUT2D eigenvalue weighted by Gasteiger charge is -2.34. The predicted octanol–water partition coefficient (Wildman–Crippen LogP) is 3.06. The van der Waals surface area contributed by atoms with Gasteiger partial charge in [-0.1, -0.05) is 19.9 Å². The summed E-state index contributed by atoms with van der Waals surface area (Å²) in [5.74, 6) is 1.39. The van der Waals surface area contributed by atoms with Gasteiger partial charge in [-0.15, -0.1) is 0 Å². The molecule has 1 aliphatic rings. The molecule has 2 heterocycles. The summed E-state index contributed by atoms with van der Waals surface area (Å²) < 4.78 is 36.1. The van der Waals surface area contributed by atoms with Gasteiger partial charge in [0.25, 0.3) is 0 Å². The molecule has 1 aliphatic heterocycles. The fraction of sp³-hybridized carbons (Fsp3) is 0.583. The van der Waals surface area contributed by atoms with Crippen LogP contribution >= 0.6 is 0 Å². The first-order chi connectivity index (χ1) is 15.6. The van der Waals surface area contributed by atoms with Crippen molar-refractivity contribution < 1.29 is 22.4 Å². The van der Waals surface area contributed by atoms with E-state index < -0.39 is 21.5 Å². The van der Waals surface area contributed by atoms with Gasteiger partial charge in [-0.25, -0.2) is 13.4 Å². The highest BCUT2D eigenvalue weighted by Gasteiger charge is 2.23. The van der Waals surface area contributed by atoms with Crippen molar-refractivity contribution in [3.63, 3.8) is 0 Å². The van der Waals surface area contributed by atoms with Crippen LogP contribution in [0.5, 0.6) is 5.75 Å². The maximum absolute atomic E-state index is 12.6. The van der Waals surface area contributed by atoms with Crippen LogP contribution in [0.2, 0.25) is 0 Å². The number of hydrogen-bond acceptors (Lipinski definition) is 7. The van der Waals surface area contributed by atoms with Crippen LogP contribution < -0.4 is 10.1 Å². The van der Waals surface area contributed by atoms with E-state index in [0.29, 0.717) is 47.0 Å². The molecule has 33 heavy (non-hydrogen) atoms. The zero-order valence-corrected chi connectivity index (χ0v) is 20.8. The molecule has 1 amide bonds. The summed E-state index contributed by atoms with van der Waals surface area (Å²) in [5, 5.41) is 2.74. The fourth-order valence-corrected chi connectivity index (χ4v) is 5.74. The molecular weight excluding hydrogens is 442 g/mol. The molecule has 0 radical (unpaired) electrons. The molecule has 9 heteroatoms. The number of sulfone groups is 1. The second-order valence-corrected chi connectivity index (χ2v) is 11.3. The van der Waals surface area contributed by atoms with Gasteiger partial charge in [-0.2, -0.15) is 0 Å². The molecule has 0 saturated carbocycles. The number of nitrogens with one attached hydrogen (secondary N) is 1. The van der Waals surface area contributed by atoms with Gasteiger partial charge >= 0.3 is 0 Å². The monoisotopic (exact) mass is 477 g/mol. The van der Waals surface area contributed by atoms with Gasteiger partial charge in [-0.3, -0.25) is 4.79 Å². The molecule has 0 aliphatic carbocycles. The highest BCUT2D eigenvalue weighted by molar-refractivity contribution is 7.91. The number of benzene rings is 1. The Bertz CT molecular complexity index is 1040. The lowest BCUT2D eigenvalue weighted by Crippen LogP contribution is -2.40. The second-order valence-electron chi connectivity index (χ2n) is 9.20. The number of piperidine rings is 1. The zero-order valence-electron chi connectivity index (χ0n) is 20.0. The quantitative estimate of drug-likeness (QED) is 0.525. The molecule has 2 atom stereocenters. The summed E-state index contributed by atoms with van der Waals surface area (Å²) in [4.78, 5) is 19.0. The molecule has 1 saturated heterocycles. The van der Waals surface area contributed by atoms with Crippen LogP contribution in [-0.2, 0) is 20.4 Å². The standard InChI is InChI=1S/C24H35N3O5S/c1-17-11-18(2)14-27(13-17)10-6-9-25-23(28)16-33(29,30)15-22-19(3)32-24(26-22)20-7-5-8-21(12-20)31-4/h5,7-8,12,17-18H,6,9-11,13-16H2,1-4H3,(H,25,28)/t17-,18-/m0/s1. The second kappa shape index (κ2) is 11.2. The van der Waals surface area contributed by atoms with E-state index in [1.165, 1.54) is 6.42 Å². The number of ether oxygens (including phenoxy) is 1. The van der Waals surface area contributed by atoms with Gasteiger partial charge in [0, 0.05) is 25.2 Å². The van der Waals surface area contributed by atoms with Crippen molar-refractivity contribution in [1.82, 2.24) is 15.2 Å². The molecule has 1 fully saturated rings. The minimum Gasteiger partial charge on any atom is -0.497 e. The van der Waals surface area contributed by atoms with E-state index in [2.05, 4.69) is 29.0 Å². The molecule has 3 rings (SSSR count). The van der Waals surface area contributed by atoms with Crippen LogP contribution in [0.15, 0.2) is 28.7 Å². The highest BCUT2D eigenvalue weighted by atomic mass is 32.2. The number of nitrogens with zero attached hydrogens (tertiary/aromatic N) is 2.